The van der Waals surface area contributed by atoms with Crippen molar-refractivity contribution in [1.29, 1.82) is 0 Å². The number of aliphatic carboxylic acids is 2. The van der Waals surface area contributed by atoms with E-state index in [4.69, 9.17) is 17.2 Å². The fourth-order valence-corrected chi connectivity index (χ4v) is 5.78. The van der Waals surface area contributed by atoms with Crippen molar-refractivity contribution in [3.63, 3.8) is 0 Å². The molecule has 18 N–H and O–H groups in total. The Morgan fingerprint density at radius 2 is 0.908 bits per heavy atom. The van der Waals surface area contributed by atoms with Crippen LogP contribution in [-0.2, 0) is 52.7 Å². The van der Waals surface area contributed by atoms with Crippen molar-refractivity contribution in [2.24, 2.45) is 34.0 Å². The predicted molar refractivity (Wildman–Crippen MR) is 228 cm³/mol. The Morgan fingerprint density at radius 3 is 1.29 bits per heavy atom. The highest BCUT2D eigenvalue weighted by atomic mass is 16.4. The third-order valence-corrected chi connectivity index (χ3v) is 9.01. The molecule has 9 amide bonds. The third kappa shape index (κ3) is 23.6. The van der Waals surface area contributed by atoms with E-state index in [1.165, 1.54) is 6.92 Å². The molecule has 0 aromatic carbocycles. The molecule has 0 aliphatic carbocycles. The van der Waals surface area contributed by atoms with Crippen LogP contribution in [0.4, 0.5) is 0 Å². The normalized spacial score (nSPS) is 15.1. The first kappa shape index (κ1) is 58.4. The highest BCUT2D eigenvalue weighted by molar-refractivity contribution is 5.99. The van der Waals surface area contributed by atoms with Gasteiger partial charge in [0.15, 0.2) is 5.96 Å². The van der Waals surface area contributed by atoms with E-state index in [0.717, 1.165) is 13.8 Å². The number of nitrogens with zero attached hydrogens (tertiary/aromatic N) is 1. The Hall–Kier alpha value is -6.64. The van der Waals surface area contributed by atoms with Crippen molar-refractivity contribution in [2.75, 3.05) is 13.2 Å². The van der Waals surface area contributed by atoms with Gasteiger partial charge in [-0.3, -0.25) is 57.7 Å². The zero-order chi connectivity index (χ0) is 50.3. The molecule has 9 atom stereocenters. The Morgan fingerprint density at radius 1 is 0.523 bits per heavy atom. The van der Waals surface area contributed by atoms with Crippen molar-refractivity contribution in [3.05, 3.63) is 0 Å². The summed E-state index contributed by atoms with van der Waals surface area (Å²) in [6.07, 6.45) is -3.84. The van der Waals surface area contributed by atoms with Crippen LogP contribution in [0.3, 0.4) is 0 Å². The van der Waals surface area contributed by atoms with Crippen LogP contribution in [0.15, 0.2) is 4.99 Å². The first-order valence-corrected chi connectivity index (χ1v) is 20.6. The topological polar surface area (TPSA) is 455 Å². The van der Waals surface area contributed by atoms with Gasteiger partial charge in [-0.25, -0.2) is 0 Å². The maximum Gasteiger partial charge on any atom is 0.305 e. The second-order valence-corrected chi connectivity index (χ2v) is 16.0. The first-order chi connectivity index (χ1) is 30.1. The lowest BCUT2D eigenvalue weighted by Gasteiger charge is -2.28. The van der Waals surface area contributed by atoms with E-state index in [1.807, 2.05) is 0 Å². The number of nitrogens with one attached hydrogen (secondary N) is 8. The number of amides is 9. The molecule has 27 nitrogen and oxygen atoms in total. The number of carbonyl (C=O) groups is 11. The molecular formula is C38H66N12O15. The molecule has 0 bridgehead atoms. The Kier molecular flexibility index (Phi) is 26.0. The van der Waals surface area contributed by atoms with Crippen LogP contribution in [-0.4, -0.2) is 159 Å². The standard InChI is InChI=1S/C38H66N12O15/c1-16(2)11-22(32(60)43-18(5)30(39)58)46-36(64)26(15-51)49-35(63)24(13-27(54)55)47-33(61)23(12-17(3)4)45-34(62)25(14-28(56)57)48-37(65)29(19(6)52)50-31(59)21(44-20(7)53)9-8-10-42-38(40)41/h16-19,21-26,29,51-52H,8-15H2,1-7H3,(H2,39,58)(H,43,60)(H,44,53)(H,45,62)(H,46,64)(H,47,61)(H,48,65)(H,49,63)(H,50,59)(H,54,55)(H,56,57)(H4,40,41,42)/t18-,19+,21-,22-,23-,24-,25-,26-,29-/m0/s1. The van der Waals surface area contributed by atoms with Gasteiger partial charge in [0.25, 0.3) is 0 Å². The van der Waals surface area contributed by atoms with Crippen LogP contribution >= 0.6 is 0 Å². The zero-order valence-corrected chi connectivity index (χ0v) is 37.5. The number of carboxylic acids is 2. The molecule has 0 heterocycles. The average molecular weight is 931 g/mol. The molecule has 0 saturated carbocycles. The molecule has 368 valence electrons. The van der Waals surface area contributed by atoms with Gasteiger partial charge in [0, 0.05) is 13.5 Å². The van der Waals surface area contributed by atoms with E-state index in [9.17, 15) is 73.2 Å². The molecule has 0 unspecified atom stereocenters. The van der Waals surface area contributed by atoms with Crippen molar-refractivity contribution in [1.82, 2.24) is 42.5 Å². The molecule has 27 heteroatoms. The molecule has 0 aromatic rings. The Balaban J connectivity index is 6.37. The first-order valence-electron chi connectivity index (χ1n) is 20.6. The fourth-order valence-electron chi connectivity index (χ4n) is 5.78. The number of rotatable bonds is 30. The summed E-state index contributed by atoms with van der Waals surface area (Å²) in [5, 5.41) is 57.6. The van der Waals surface area contributed by atoms with Crippen LogP contribution in [0, 0.1) is 11.8 Å². The molecule has 0 spiro atoms. The molecule has 0 aliphatic heterocycles. The number of carbonyl (C=O) groups excluding carboxylic acids is 9. The van der Waals surface area contributed by atoms with Crippen LogP contribution in [0.1, 0.15) is 87.0 Å². The van der Waals surface area contributed by atoms with Crippen molar-refractivity contribution in [3.8, 4) is 0 Å². The summed E-state index contributed by atoms with van der Waals surface area (Å²) in [5.41, 5.74) is 15.8. The lowest BCUT2D eigenvalue weighted by atomic mass is 10.0. The van der Waals surface area contributed by atoms with Crippen LogP contribution in [0.2, 0.25) is 0 Å². The second-order valence-electron chi connectivity index (χ2n) is 16.0. The zero-order valence-electron chi connectivity index (χ0n) is 37.5. The molecule has 0 fully saturated rings. The molecule has 0 rings (SSSR count). The highest BCUT2D eigenvalue weighted by Crippen LogP contribution is 2.10. The molecule has 0 aliphatic rings. The van der Waals surface area contributed by atoms with Gasteiger partial charge in [-0.15, -0.1) is 0 Å². The predicted octanol–water partition coefficient (Wildman–Crippen LogP) is -6.14. The summed E-state index contributed by atoms with van der Waals surface area (Å²) >= 11 is 0. The van der Waals surface area contributed by atoms with E-state index in [2.05, 4.69) is 47.5 Å². The summed E-state index contributed by atoms with van der Waals surface area (Å²) in [6, 6.07) is -12.8. The van der Waals surface area contributed by atoms with E-state index in [0.29, 0.717) is 0 Å². The van der Waals surface area contributed by atoms with Gasteiger partial charge in [-0.1, -0.05) is 27.7 Å². The van der Waals surface area contributed by atoms with Gasteiger partial charge >= 0.3 is 11.9 Å². The van der Waals surface area contributed by atoms with Gasteiger partial charge in [-0.05, 0) is 51.4 Å². The summed E-state index contributed by atoms with van der Waals surface area (Å²) < 4.78 is 0. The SMILES string of the molecule is CC(=O)N[C@@H](CCCN=C(N)N)C(=O)N[C@H](C(=O)N[C@@H](CC(=O)O)C(=O)N[C@@H](CC(C)C)C(=O)N[C@@H](CC(=O)O)C(=O)N[C@@H](CO)C(=O)N[C@@H](CC(C)C)C(=O)N[C@@H](C)C(N)=O)[C@@H](C)O. The van der Waals surface area contributed by atoms with E-state index >= 15 is 0 Å². The quantitative estimate of drug-likeness (QED) is 0.0181. The number of primary amides is 1. The minimum absolute atomic E-state index is 0.0226. The minimum atomic E-state index is -1.96. The molecule has 65 heavy (non-hydrogen) atoms. The van der Waals surface area contributed by atoms with Gasteiger partial charge < -0.3 is 80.2 Å². The summed E-state index contributed by atoms with van der Waals surface area (Å²) in [7, 11) is 0. The largest absolute Gasteiger partial charge is 0.481 e. The van der Waals surface area contributed by atoms with Crippen LogP contribution < -0.4 is 59.7 Å². The Bertz CT molecular complexity index is 1740. The number of hydrogen-bond donors (Lipinski definition) is 15. The second kappa shape index (κ2) is 28.9. The lowest BCUT2D eigenvalue weighted by molar-refractivity contribution is -0.142. The Labute approximate surface area is 375 Å². The smallest absolute Gasteiger partial charge is 0.305 e. The molecular weight excluding hydrogens is 864 g/mol. The number of hydrogen-bond acceptors (Lipinski definition) is 14. The minimum Gasteiger partial charge on any atom is -0.481 e. The number of carboxylic acid groups (broad SMARTS) is 2. The number of aliphatic hydroxyl groups excluding tert-OH is 2. The lowest BCUT2D eigenvalue weighted by Crippen LogP contribution is -2.62. The number of guanidine groups is 1. The van der Waals surface area contributed by atoms with Gasteiger partial charge in [0.1, 0.15) is 48.3 Å². The van der Waals surface area contributed by atoms with E-state index < -0.39 is 145 Å². The number of aliphatic hydroxyl groups is 2. The maximum absolute atomic E-state index is 13.7. The fraction of sp³-hybridized carbons (Fsp3) is 0.684. The summed E-state index contributed by atoms with van der Waals surface area (Å²) in [5.74, 6) is -13.4. The van der Waals surface area contributed by atoms with Crippen molar-refractivity contribution in [2.45, 2.75) is 141 Å². The number of aliphatic imine (C=N–C) groups is 1. The van der Waals surface area contributed by atoms with Gasteiger partial charge in [0.05, 0.1) is 25.6 Å². The monoisotopic (exact) mass is 930 g/mol. The third-order valence-electron chi connectivity index (χ3n) is 9.01. The number of nitrogens with two attached hydrogens (primary N) is 3. The highest BCUT2D eigenvalue weighted by Gasteiger charge is 2.36. The van der Waals surface area contributed by atoms with Crippen LogP contribution in [0.5, 0.6) is 0 Å². The van der Waals surface area contributed by atoms with Gasteiger partial charge in [-0.2, -0.15) is 0 Å². The van der Waals surface area contributed by atoms with Crippen LogP contribution in [0.25, 0.3) is 0 Å². The van der Waals surface area contributed by atoms with E-state index in [1.54, 1.807) is 27.7 Å². The van der Waals surface area contributed by atoms with Crippen molar-refractivity contribution < 1.29 is 73.2 Å². The molecule has 0 saturated heterocycles. The molecule has 0 radical (unpaired) electrons. The van der Waals surface area contributed by atoms with Crippen molar-refractivity contribution >= 4 is 71.1 Å². The average Bonchev–Trinajstić information content (AvgIpc) is 3.17. The maximum atomic E-state index is 13.7. The van der Waals surface area contributed by atoms with E-state index in [-0.39, 0.29) is 44.1 Å². The summed E-state index contributed by atoms with van der Waals surface area (Å²) in [6.45, 7) is 9.20. The van der Waals surface area contributed by atoms with Gasteiger partial charge in [0.2, 0.25) is 53.2 Å². The summed E-state index contributed by atoms with van der Waals surface area (Å²) in [4.78, 5) is 144. The molecule has 0 aromatic heterocycles.